The van der Waals surface area contributed by atoms with Crippen molar-refractivity contribution in [2.24, 2.45) is 17.6 Å². The van der Waals surface area contributed by atoms with Gasteiger partial charge in [0.25, 0.3) is 0 Å². The van der Waals surface area contributed by atoms with E-state index in [4.69, 9.17) is 5.73 Å². The van der Waals surface area contributed by atoms with Crippen LogP contribution >= 0.6 is 0 Å². The van der Waals surface area contributed by atoms with Crippen LogP contribution in [0, 0.1) is 11.8 Å². The molecule has 0 bridgehead atoms. The number of carbonyl (C=O) groups is 2. The fraction of sp³-hybridized carbons (Fsp3) is 0.680. The topological polar surface area (TPSA) is 90.7 Å². The van der Waals surface area contributed by atoms with E-state index in [1.54, 1.807) is 0 Å². The van der Waals surface area contributed by atoms with E-state index in [-0.39, 0.29) is 17.9 Å². The van der Waals surface area contributed by atoms with Gasteiger partial charge in [-0.15, -0.1) is 0 Å². The van der Waals surface area contributed by atoms with E-state index in [1.165, 1.54) is 57.3 Å². The number of amides is 2. The van der Waals surface area contributed by atoms with Crippen molar-refractivity contribution < 1.29 is 9.59 Å². The van der Waals surface area contributed by atoms with E-state index in [2.05, 4.69) is 39.6 Å². The van der Waals surface area contributed by atoms with Crippen molar-refractivity contribution in [3.63, 3.8) is 0 Å². The lowest BCUT2D eigenvalue weighted by Crippen LogP contribution is -2.47. The predicted molar refractivity (Wildman–Crippen MR) is 129 cm³/mol. The molecule has 0 spiro atoms. The van der Waals surface area contributed by atoms with Crippen molar-refractivity contribution in [2.75, 3.05) is 43.4 Å². The molecule has 2 heterocycles. The fourth-order valence-electron chi connectivity index (χ4n) is 5.50. The number of hydrogen-bond donors (Lipinski definition) is 3. The van der Waals surface area contributed by atoms with E-state index < -0.39 is 0 Å². The average Bonchev–Trinajstić information content (AvgIpc) is 2.78. The van der Waals surface area contributed by atoms with Crippen LogP contribution in [-0.4, -0.2) is 62.0 Å². The molecular formula is C25H39N5O2. The Hall–Kier alpha value is -2.12. The Labute approximate surface area is 192 Å². The van der Waals surface area contributed by atoms with E-state index in [0.29, 0.717) is 18.9 Å². The van der Waals surface area contributed by atoms with E-state index in [1.807, 2.05) is 12.1 Å². The third-order valence-corrected chi connectivity index (χ3v) is 7.46. The van der Waals surface area contributed by atoms with Gasteiger partial charge in [0.15, 0.2) is 0 Å². The number of rotatable bonds is 7. The molecule has 1 aromatic rings. The SMILES string of the molecule is CN(CC1CCC(N)CC1)CC1CCN(c2ccc(NC3CCC(=O)NC3=O)cc2)CC1. The standard InChI is InChI=1S/C25H39N5O2/c1-29(16-18-2-4-20(26)5-3-18)17-19-12-14-30(15-13-19)22-8-6-21(7-9-22)27-23-10-11-24(31)28-25(23)32/h6-9,18-20,23,27H,2-5,10-17,26H2,1H3,(H,28,31,32). The van der Waals surface area contributed by atoms with Crippen LogP contribution in [0.5, 0.6) is 0 Å². The number of hydrogen-bond acceptors (Lipinski definition) is 6. The molecule has 1 aliphatic carbocycles. The second-order valence-electron chi connectivity index (χ2n) is 10.1. The smallest absolute Gasteiger partial charge is 0.249 e. The van der Waals surface area contributed by atoms with Gasteiger partial charge >= 0.3 is 0 Å². The number of piperidine rings is 2. The molecule has 2 amide bonds. The summed E-state index contributed by atoms with van der Waals surface area (Å²) in [6.45, 7) is 4.60. The normalized spacial score (nSPS) is 27.5. The minimum atomic E-state index is -0.336. The van der Waals surface area contributed by atoms with Gasteiger partial charge in [0.05, 0.1) is 0 Å². The fourth-order valence-corrected chi connectivity index (χ4v) is 5.50. The molecule has 7 nitrogen and oxygen atoms in total. The van der Waals surface area contributed by atoms with Crippen LogP contribution in [0.4, 0.5) is 11.4 Å². The molecule has 7 heteroatoms. The third-order valence-electron chi connectivity index (χ3n) is 7.46. The highest BCUT2D eigenvalue weighted by Crippen LogP contribution is 2.27. The molecule has 4 N–H and O–H groups in total. The number of anilines is 2. The highest BCUT2D eigenvalue weighted by atomic mass is 16.2. The molecular weight excluding hydrogens is 402 g/mol. The summed E-state index contributed by atoms with van der Waals surface area (Å²) in [6, 6.07) is 8.44. The van der Waals surface area contributed by atoms with Crippen LogP contribution in [0.3, 0.4) is 0 Å². The van der Waals surface area contributed by atoms with Crippen molar-refractivity contribution in [3.05, 3.63) is 24.3 Å². The van der Waals surface area contributed by atoms with Gasteiger partial charge in [0, 0.05) is 50.0 Å². The van der Waals surface area contributed by atoms with Gasteiger partial charge in [0.2, 0.25) is 11.8 Å². The lowest BCUT2D eigenvalue weighted by molar-refractivity contribution is -0.133. The minimum Gasteiger partial charge on any atom is -0.374 e. The van der Waals surface area contributed by atoms with Crippen molar-refractivity contribution in [1.29, 1.82) is 0 Å². The maximum atomic E-state index is 11.9. The summed E-state index contributed by atoms with van der Waals surface area (Å²) >= 11 is 0. The number of benzene rings is 1. The summed E-state index contributed by atoms with van der Waals surface area (Å²) in [6.07, 6.45) is 8.36. The van der Waals surface area contributed by atoms with Crippen molar-refractivity contribution in [3.8, 4) is 0 Å². The Morgan fingerprint density at radius 1 is 0.969 bits per heavy atom. The van der Waals surface area contributed by atoms with Gasteiger partial charge in [-0.25, -0.2) is 0 Å². The Morgan fingerprint density at radius 2 is 1.59 bits per heavy atom. The van der Waals surface area contributed by atoms with Gasteiger partial charge in [-0.3, -0.25) is 14.9 Å². The molecule has 1 saturated carbocycles. The first-order chi connectivity index (χ1) is 15.5. The lowest BCUT2D eigenvalue weighted by atomic mass is 9.86. The zero-order valence-corrected chi connectivity index (χ0v) is 19.4. The molecule has 0 aromatic heterocycles. The number of nitrogens with two attached hydrogens (primary N) is 1. The van der Waals surface area contributed by atoms with Gasteiger partial charge in [-0.1, -0.05) is 0 Å². The highest BCUT2D eigenvalue weighted by molar-refractivity contribution is 6.01. The number of nitrogens with zero attached hydrogens (tertiary/aromatic N) is 2. The molecule has 2 aliphatic heterocycles. The largest absolute Gasteiger partial charge is 0.374 e. The van der Waals surface area contributed by atoms with Crippen molar-refractivity contribution in [1.82, 2.24) is 10.2 Å². The monoisotopic (exact) mass is 441 g/mol. The Balaban J connectivity index is 1.19. The molecule has 2 saturated heterocycles. The average molecular weight is 442 g/mol. The minimum absolute atomic E-state index is 0.184. The maximum absolute atomic E-state index is 11.9. The third kappa shape index (κ3) is 6.23. The van der Waals surface area contributed by atoms with Gasteiger partial charge in [0.1, 0.15) is 6.04 Å². The predicted octanol–water partition coefficient (Wildman–Crippen LogP) is 2.57. The quantitative estimate of drug-likeness (QED) is 0.564. The molecule has 1 unspecified atom stereocenters. The summed E-state index contributed by atoms with van der Waals surface area (Å²) in [5.41, 5.74) is 8.21. The molecule has 4 rings (SSSR count). The first-order valence-corrected chi connectivity index (χ1v) is 12.4. The first-order valence-electron chi connectivity index (χ1n) is 12.4. The maximum Gasteiger partial charge on any atom is 0.249 e. The summed E-state index contributed by atoms with van der Waals surface area (Å²) in [7, 11) is 2.29. The first kappa shape index (κ1) is 23.1. The van der Waals surface area contributed by atoms with Crippen LogP contribution < -0.4 is 21.3 Å². The second-order valence-corrected chi connectivity index (χ2v) is 10.1. The number of carbonyl (C=O) groups excluding carboxylic acids is 2. The Bertz CT molecular complexity index is 767. The number of nitrogens with one attached hydrogen (secondary N) is 2. The van der Waals surface area contributed by atoms with Crippen LogP contribution in [0.1, 0.15) is 51.4 Å². The highest BCUT2D eigenvalue weighted by Gasteiger charge is 2.27. The van der Waals surface area contributed by atoms with Crippen molar-refractivity contribution >= 4 is 23.2 Å². The molecule has 1 aromatic carbocycles. The molecule has 3 aliphatic rings. The van der Waals surface area contributed by atoms with E-state index >= 15 is 0 Å². The second kappa shape index (κ2) is 10.7. The zero-order valence-electron chi connectivity index (χ0n) is 19.4. The summed E-state index contributed by atoms with van der Waals surface area (Å²) < 4.78 is 0. The molecule has 3 fully saturated rings. The Kier molecular flexibility index (Phi) is 7.68. The number of imide groups is 1. The van der Waals surface area contributed by atoms with Crippen LogP contribution in [0.2, 0.25) is 0 Å². The van der Waals surface area contributed by atoms with E-state index in [9.17, 15) is 9.59 Å². The van der Waals surface area contributed by atoms with Crippen LogP contribution in [0.15, 0.2) is 24.3 Å². The van der Waals surface area contributed by atoms with Crippen LogP contribution in [0.25, 0.3) is 0 Å². The Morgan fingerprint density at radius 3 is 2.22 bits per heavy atom. The molecule has 32 heavy (non-hydrogen) atoms. The zero-order chi connectivity index (χ0) is 22.5. The molecule has 176 valence electrons. The molecule has 1 atom stereocenters. The van der Waals surface area contributed by atoms with E-state index in [0.717, 1.165) is 30.6 Å². The van der Waals surface area contributed by atoms with Gasteiger partial charge < -0.3 is 20.9 Å². The summed E-state index contributed by atoms with van der Waals surface area (Å²) in [4.78, 5) is 28.3. The van der Waals surface area contributed by atoms with Gasteiger partial charge in [-0.2, -0.15) is 0 Å². The van der Waals surface area contributed by atoms with Crippen LogP contribution in [-0.2, 0) is 9.59 Å². The lowest BCUT2D eigenvalue weighted by Gasteiger charge is -2.36. The summed E-state index contributed by atoms with van der Waals surface area (Å²) in [5, 5.41) is 5.65. The molecule has 0 radical (unpaired) electrons. The summed E-state index contributed by atoms with van der Waals surface area (Å²) in [5.74, 6) is 1.18. The van der Waals surface area contributed by atoms with Crippen molar-refractivity contribution in [2.45, 2.75) is 63.5 Å². The van der Waals surface area contributed by atoms with Gasteiger partial charge in [-0.05, 0) is 88.1 Å².